The maximum absolute atomic E-state index is 10.7. The maximum Gasteiger partial charge on any atom is 0.325 e. The van der Waals surface area contributed by atoms with Gasteiger partial charge in [-0.1, -0.05) is 17.7 Å². The van der Waals surface area contributed by atoms with Gasteiger partial charge in [-0.05, 0) is 35.9 Å². The molecule has 0 fully saturated rings. The van der Waals surface area contributed by atoms with E-state index in [9.17, 15) is 4.79 Å². The van der Waals surface area contributed by atoms with Crippen molar-refractivity contribution in [3.05, 3.63) is 29.3 Å². The quantitative estimate of drug-likeness (QED) is 0.855. The molecule has 1 aromatic heterocycles. The third-order valence-corrected chi connectivity index (χ3v) is 2.45. The van der Waals surface area contributed by atoms with Crippen LogP contribution in [0, 0.1) is 13.8 Å². The zero-order chi connectivity index (χ0) is 12.4. The second-order valence-corrected chi connectivity index (χ2v) is 3.87. The van der Waals surface area contributed by atoms with Crippen LogP contribution >= 0.6 is 0 Å². The standard InChI is InChI=1S/C11H12N4O2/c1-7-3-4-8(2)9(5-7)11-12-13-14-15(11)6-10(16)17/h3-5H,6H2,1-2H3,(H,16,17). The van der Waals surface area contributed by atoms with E-state index in [1.165, 1.54) is 4.68 Å². The first-order valence-corrected chi connectivity index (χ1v) is 5.13. The molecule has 0 spiro atoms. The molecule has 1 N–H and O–H groups in total. The van der Waals surface area contributed by atoms with Crippen LogP contribution < -0.4 is 0 Å². The molecule has 0 bridgehead atoms. The number of aryl methyl sites for hydroxylation is 2. The smallest absolute Gasteiger partial charge is 0.325 e. The fraction of sp³-hybridized carbons (Fsp3) is 0.273. The lowest BCUT2D eigenvalue weighted by Crippen LogP contribution is -2.12. The molecule has 6 nitrogen and oxygen atoms in total. The number of carbonyl (C=O) groups is 1. The van der Waals surface area contributed by atoms with Crippen molar-refractivity contribution < 1.29 is 9.90 Å². The van der Waals surface area contributed by atoms with Gasteiger partial charge in [0.25, 0.3) is 0 Å². The van der Waals surface area contributed by atoms with Crippen molar-refractivity contribution in [2.45, 2.75) is 20.4 Å². The van der Waals surface area contributed by atoms with Gasteiger partial charge in [0.05, 0.1) is 0 Å². The Balaban J connectivity index is 2.49. The first kappa shape index (κ1) is 11.3. The molecular formula is C11H12N4O2. The minimum atomic E-state index is -0.969. The molecule has 0 atom stereocenters. The fourth-order valence-electron chi connectivity index (χ4n) is 1.61. The number of aliphatic carboxylic acids is 1. The number of hydrogen-bond acceptors (Lipinski definition) is 4. The summed E-state index contributed by atoms with van der Waals surface area (Å²) >= 11 is 0. The van der Waals surface area contributed by atoms with Gasteiger partial charge >= 0.3 is 5.97 Å². The zero-order valence-corrected chi connectivity index (χ0v) is 9.58. The Bertz CT molecular complexity index is 562. The van der Waals surface area contributed by atoms with Gasteiger partial charge in [0.1, 0.15) is 6.54 Å². The molecule has 0 amide bonds. The van der Waals surface area contributed by atoms with Gasteiger partial charge in [-0.3, -0.25) is 4.79 Å². The van der Waals surface area contributed by atoms with E-state index in [0.717, 1.165) is 16.7 Å². The molecule has 0 saturated carbocycles. The molecule has 0 unspecified atom stereocenters. The number of tetrazole rings is 1. The van der Waals surface area contributed by atoms with Gasteiger partial charge in [0, 0.05) is 5.56 Å². The van der Waals surface area contributed by atoms with Crippen molar-refractivity contribution in [1.29, 1.82) is 0 Å². The summed E-state index contributed by atoms with van der Waals surface area (Å²) in [5.74, 6) is -0.488. The van der Waals surface area contributed by atoms with Crippen molar-refractivity contribution in [3.63, 3.8) is 0 Å². The summed E-state index contributed by atoms with van der Waals surface area (Å²) in [4.78, 5) is 10.7. The lowest BCUT2D eigenvalue weighted by atomic mass is 10.1. The molecular weight excluding hydrogens is 220 g/mol. The number of aromatic nitrogens is 4. The summed E-state index contributed by atoms with van der Waals surface area (Å²) in [6, 6.07) is 5.90. The van der Waals surface area contributed by atoms with Crippen LogP contribution in [0.2, 0.25) is 0 Å². The normalized spacial score (nSPS) is 10.5. The summed E-state index contributed by atoms with van der Waals surface area (Å²) in [5.41, 5.74) is 2.95. The number of nitrogens with zero attached hydrogens (tertiary/aromatic N) is 4. The van der Waals surface area contributed by atoms with Crippen LogP contribution in [0.25, 0.3) is 11.4 Å². The van der Waals surface area contributed by atoms with Crippen LogP contribution in [0.5, 0.6) is 0 Å². The number of carboxylic acid groups (broad SMARTS) is 1. The molecule has 0 aliphatic carbocycles. The Hall–Kier alpha value is -2.24. The van der Waals surface area contributed by atoms with Gasteiger partial charge in [-0.2, -0.15) is 0 Å². The third-order valence-electron chi connectivity index (χ3n) is 2.45. The van der Waals surface area contributed by atoms with E-state index in [4.69, 9.17) is 5.11 Å². The lowest BCUT2D eigenvalue weighted by molar-refractivity contribution is -0.137. The second kappa shape index (κ2) is 4.32. The highest BCUT2D eigenvalue weighted by molar-refractivity contribution is 5.68. The van der Waals surface area contributed by atoms with E-state index in [0.29, 0.717) is 5.82 Å². The fourth-order valence-corrected chi connectivity index (χ4v) is 1.61. The molecule has 17 heavy (non-hydrogen) atoms. The Labute approximate surface area is 97.9 Å². The third kappa shape index (κ3) is 2.30. The van der Waals surface area contributed by atoms with Gasteiger partial charge in [0.15, 0.2) is 5.82 Å². The number of benzene rings is 1. The molecule has 0 radical (unpaired) electrons. The Morgan fingerprint density at radius 2 is 2.18 bits per heavy atom. The van der Waals surface area contributed by atoms with Crippen molar-refractivity contribution in [2.75, 3.05) is 0 Å². The topological polar surface area (TPSA) is 80.9 Å². The highest BCUT2D eigenvalue weighted by atomic mass is 16.4. The van der Waals surface area contributed by atoms with Gasteiger partial charge in [-0.25, -0.2) is 4.68 Å². The second-order valence-electron chi connectivity index (χ2n) is 3.87. The number of carboxylic acids is 1. The van der Waals surface area contributed by atoms with Crippen molar-refractivity contribution in [2.24, 2.45) is 0 Å². The number of hydrogen-bond donors (Lipinski definition) is 1. The van der Waals surface area contributed by atoms with E-state index in [2.05, 4.69) is 15.5 Å². The van der Waals surface area contributed by atoms with Crippen LogP contribution in [0.4, 0.5) is 0 Å². The van der Waals surface area contributed by atoms with Crippen LogP contribution in [-0.4, -0.2) is 31.3 Å². The predicted molar refractivity (Wildman–Crippen MR) is 60.4 cm³/mol. The van der Waals surface area contributed by atoms with Crippen LogP contribution in [0.1, 0.15) is 11.1 Å². The van der Waals surface area contributed by atoms with Crippen molar-refractivity contribution in [1.82, 2.24) is 20.2 Å². The van der Waals surface area contributed by atoms with Crippen LogP contribution in [0.15, 0.2) is 18.2 Å². The predicted octanol–water partition coefficient (Wildman–Crippen LogP) is 1.04. The maximum atomic E-state index is 10.7. The number of rotatable bonds is 3. The van der Waals surface area contributed by atoms with Gasteiger partial charge < -0.3 is 5.11 Å². The Morgan fingerprint density at radius 3 is 2.88 bits per heavy atom. The average Bonchev–Trinajstić information content (AvgIpc) is 2.69. The molecule has 0 saturated heterocycles. The first-order chi connectivity index (χ1) is 8.08. The average molecular weight is 232 g/mol. The zero-order valence-electron chi connectivity index (χ0n) is 9.58. The van der Waals surface area contributed by atoms with E-state index in [1.807, 2.05) is 32.0 Å². The largest absolute Gasteiger partial charge is 0.480 e. The summed E-state index contributed by atoms with van der Waals surface area (Å²) in [7, 11) is 0. The summed E-state index contributed by atoms with van der Waals surface area (Å²) in [6.07, 6.45) is 0. The minimum Gasteiger partial charge on any atom is -0.480 e. The molecule has 0 aliphatic rings. The van der Waals surface area contributed by atoms with Gasteiger partial charge in [0.2, 0.25) is 0 Å². The molecule has 1 aromatic carbocycles. The van der Waals surface area contributed by atoms with E-state index in [-0.39, 0.29) is 6.54 Å². The summed E-state index contributed by atoms with van der Waals surface area (Å²) < 4.78 is 1.28. The Morgan fingerprint density at radius 1 is 1.41 bits per heavy atom. The SMILES string of the molecule is Cc1ccc(C)c(-c2nnnn2CC(=O)O)c1. The van der Waals surface area contributed by atoms with Crippen molar-refractivity contribution in [3.8, 4) is 11.4 Å². The molecule has 2 rings (SSSR count). The van der Waals surface area contributed by atoms with E-state index < -0.39 is 5.97 Å². The highest BCUT2D eigenvalue weighted by Gasteiger charge is 2.13. The monoisotopic (exact) mass is 232 g/mol. The molecule has 6 heteroatoms. The lowest BCUT2D eigenvalue weighted by Gasteiger charge is -2.06. The Kier molecular flexibility index (Phi) is 2.86. The van der Waals surface area contributed by atoms with E-state index in [1.54, 1.807) is 0 Å². The molecule has 88 valence electrons. The van der Waals surface area contributed by atoms with Crippen LogP contribution in [0.3, 0.4) is 0 Å². The molecule has 2 aromatic rings. The molecule has 1 heterocycles. The van der Waals surface area contributed by atoms with Crippen LogP contribution in [-0.2, 0) is 11.3 Å². The van der Waals surface area contributed by atoms with Crippen molar-refractivity contribution >= 4 is 5.97 Å². The van der Waals surface area contributed by atoms with Gasteiger partial charge in [-0.15, -0.1) is 5.10 Å². The highest BCUT2D eigenvalue weighted by Crippen LogP contribution is 2.21. The minimum absolute atomic E-state index is 0.240. The summed E-state index contributed by atoms with van der Waals surface area (Å²) in [6.45, 7) is 3.67. The van der Waals surface area contributed by atoms with E-state index >= 15 is 0 Å². The summed E-state index contributed by atoms with van der Waals surface area (Å²) in [5, 5.41) is 19.8. The molecule has 0 aliphatic heterocycles. The first-order valence-electron chi connectivity index (χ1n) is 5.13.